The number of esters is 1. The smallest absolute Gasteiger partial charge is 0.331 e. The molecule has 0 radical (unpaired) electrons. The maximum Gasteiger partial charge on any atom is 0.331 e. The predicted octanol–water partition coefficient (Wildman–Crippen LogP) is 1.65. The number of ether oxygens (including phenoxy) is 1. The van der Waals surface area contributed by atoms with Gasteiger partial charge in [0.25, 0.3) is 5.91 Å². The fourth-order valence-corrected chi connectivity index (χ4v) is 2.05. The third kappa shape index (κ3) is 7.60. The molecule has 1 aromatic rings. The highest BCUT2D eigenvalue weighted by Crippen LogP contribution is 2.12. The standard InChI is InChI=1S/C16H19BrN2O4/c1-3-18-16(22)11(2)19-14(20)10-23-15(21)8-7-12-5-4-6-13(17)9-12/h4-9,11H,3,10H2,1-2H3,(H,18,22)(H,19,20)/b8-7+/t11-/m1/s1. The Bertz CT molecular complexity index is 601. The van der Waals surface area contributed by atoms with Gasteiger partial charge in [-0.3, -0.25) is 9.59 Å². The van der Waals surface area contributed by atoms with Crippen molar-refractivity contribution in [2.45, 2.75) is 19.9 Å². The molecule has 0 fully saturated rings. The number of carbonyl (C=O) groups excluding carboxylic acids is 3. The second kappa shape index (κ2) is 9.78. The summed E-state index contributed by atoms with van der Waals surface area (Å²) in [7, 11) is 0. The summed E-state index contributed by atoms with van der Waals surface area (Å²) in [5.74, 6) is -1.46. The zero-order valence-corrected chi connectivity index (χ0v) is 14.6. The summed E-state index contributed by atoms with van der Waals surface area (Å²) in [4.78, 5) is 34.6. The van der Waals surface area contributed by atoms with Crippen molar-refractivity contribution in [3.8, 4) is 0 Å². The van der Waals surface area contributed by atoms with Gasteiger partial charge in [0.2, 0.25) is 5.91 Å². The molecule has 7 heteroatoms. The third-order valence-corrected chi connectivity index (χ3v) is 3.22. The minimum absolute atomic E-state index is 0.290. The van der Waals surface area contributed by atoms with Gasteiger partial charge in [0.05, 0.1) is 0 Å². The molecule has 0 aliphatic heterocycles. The predicted molar refractivity (Wildman–Crippen MR) is 90.4 cm³/mol. The summed E-state index contributed by atoms with van der Waals surface area (Å²) in [6.45, 7) is 3.38. The van der Waals surface area contributed by atoms with Crippen LogP contribution in [0.25, 0.3) is 6.08 Å². The van der Waals surface area contributed by atoms with Crippen molar-refractivity contribution >= 4 is 39.8 Å². The number of hydrogen-bond acceptors (Lipinski definition) is 4. The Kier molecular flexibility index (Phi) is 8.04. The molecule has 23 heavy (non-hydrogen) atoms. The zero-order valence-electron chi connectivity index (χ0n) is 13.0. The van der Waals surface area contributed by atoms with Crippen LogP contribution in [-0.2, 0) is 19.1 Å². The fourth-order valence-electron chi connectivity index (χ4n) is 1.64. The van der Waals surface area contributed by atoms with E-state index in [1.165, 1.54) is 6.08 Å². The number of nitrogens with one attached hydrogen (secondary N) is 2. The Morgan fingerprint density at radius 2 is 2.09 bits per heavy atom. The molecule has 0 aliphatic carbocycles. The maximum absolute atomic E-state index is 11.6. The Morgan fingerprint density at radius 1 is 1.35 bits per heavy atom. The summed E-state index contributed by atoms with van der Waals surface area (Å²) in [5.41, 5.74) is 0.825. The summed E-state index contributed by atoms with van der Waals surface area (Å²) in [5, 5.41) is 5.02. The van der Waals surface area contributed by atoms with E-state index in [0.29, 0.717) is 6.54 Å². The van der Waals surface area contributed by atoms with E-state index in [0.717, 1.165) is 10.0 Å². The van der Waals surface area contributed by atoms with Crippen molar-refractivity contribution in [2.24, 2.45) is 0 Å². The molecule has 2 amide bonds. The molecule has 2 N–H and O–H groups in total. The van der Waals surface area contributed by atoms with E-state index in [2.05, 4.69) is 26.6 Å². The van der Waals surface area contributed by atoms with Crippen molar-refractivity contribution in [1.29, 1.82) is 0 Å². The van der Waals surface area contributed by atoms with E-state index in [-0.39, 0.29) is 5.91 Å². The van der Waals surface area contributed by atoms with Gasteiger partial charge >= 0.3 is 5.97 Å². The van der Waals surface area contributed by atoms with E-state index in [1.807, 2.05) is 24.3 Å². The fraction of sp³-hybridized carbons (Fsp3) is 0.312. The van der Waals surface area contributed by atoms with E-state index in [4.69, 9.17) is 4.74 Å². The first kappa shape index (κ1) is 18.9. The van der Waals surface area contributed by atoms with Gasteiger partial charge in [-0.25, -0.2) is 4.79 Å². The van der Waals surface area contributed by atoms with Crippen LogP contribution in [0.15, 0.2) is 34.8 Å². The largest absolute Gasteiger partial charge is 0.452 e. The van der Waals surface area contributed by atoms with Gasteiger partial charge in [0.15, 0.2) is 6.61 Å². The van der Waals surface area contributed by atoms with Crippen molar-refractivity contribution in [1.82, 2.24) is 10.6 Å². The van der Waals surface area contributed by atoms with E-state index >= 15 is 0 Å². The number of likely N-dealkylation sites (N-methyl/N-ethyl adjacent to an activating group) is 1. The molecule has 0 aliphatic rings. The SMILES string of the molecule is CCNC(=O)[C@@H](C)NC(=O)COC(=O)/C=C/c1cccc(Br)c1. The van der Waals surface area contributed by atoms with Gasteiger partial charge in [0, 0.05) is 17.1 Å². The first-order chi connectivity index (χ1) is 10.9. The minimum Gasteiger partial charge on any atom is -0.452 e. The van der Waals surface area contributed by atoms with Crippen molar-refractivity contribution in [3.63, 3.8) is 0 Å². The summed E-state index contributed by atoms with van der Waals surface area (Å²) >= 11 is 3.33. The number of hydrogen-bond donors (Lipinski definition) is 2. The molecule has 1 aromatic carbocycles. The minimum atomic E-state index is -0.682. The lowest BCUT2D eigenvalue weighted by Crippen LogP contribution is -2.46. The number of halogens is 1. The average Bonchev–Trinajstić information content (AvgIpc) is 2.51. The highest BCUT2D eigenvalue weighted by Gasteiger charge is 2.15. The molecule has 0 aromatic heterocycles. The van der Waals surface area contributed by atoms with Gasteiger partial charge in [-0.1, -0.05) is 28.1 Å². The molecule has 0 unspecified atom stereocenters. The van der Waals surface area contributed by atoms with Crippen LogP contribution in [0.2, 0.25) is 0 Å². The quantitative estimate of drug-likeness (QED) is 0.554. The number of amides is 2. The van der Waals surface area contributed by atoms with Crippen molar-refractivity contribution < 1.29 is 19.1 Å². The number of benzene rings is 1. The van der Waals surface area contributed by atoms with Crippen LogP contribution < -0.4 is 10.6 Å². The normalized spacial score (nSPS) is 11.8. The molecule has 6 nitrogen and oxygen atoms in total. The molecule has 124 valence electrons. The number of rotatable bonds is 7. The number of carbonyl (C=O) groups is 3. The molecule has 1 rings (SSSR count). The molecule has 0 saturated heterocycles. The summed E-state index contributed by atoms with van der Waals surface area (Å²) in [6.07, 6.45) is 2.82. The van der Waals surface area contributed by atoms with Crippen molar-refractivity contribution in [2.75, 3.05) is 13.2 Å². The lowest BCUT2D eigenvalue weighted by atomic mass is 10.2. The Hall–Kier alpha value is -2.15. The topological polar surface area (TPSA) is 84.5 Å². The van der Waals surface area contributed by atoms with Crippen molar-refractivity contribution in [3.05, 3.63) is 40.4 Å². The highest BCUT2D eigenvalue weighted by atomic mass is 79.9. The third-order valence-electron chi connectivity index (χ3n) is 2.73. The second-order valence-electron chi connectivity index (χ2n) is 4.68. The zero-order chi connectivity index (χ0) is 17.2. The van der Waals surface area contributed by atoms with Gasteiger partial charge in [0.1, 0.15) is 6.04 Å². The maximum atomic E-state index is 11.6. The van der Waals surface area contributed by atoms with Crippen LogP contribution in [0.3, 0.4) is 0 Å². The van der Waals surface area contributed by atoms with Gasteiger partial charge in [-0.15, -0.1) is 0 Å². The second-order valence-corrected chi connectivity index (χ2v) is 5.60. The first-order valence-electron chi connectivity index (χ1n) is 7.10. The van der Waals surface area contributed by atoms with Crippen LogP contribution >= 0.6 is 15.9 Å². The lowest BCUT2D eigenvalue weighted by molar-refractivity contribution is -0.144. The Labute approximate surface area is 143 Å². The first-order valence-corrected chi connectivity index (χ1v) is 7.89. The van der Waals surface area contributed by atoms with Crippen LogP contribution in [0.4, 0.5) is 0 Å². The average molecular weight is 383 g/mol. The lowest BCUT2D eigenvalue weighted by Gasteiger charge is -2.12. The van der Waals surface area contributed by atoms with Crippen LogP contribution in [0, 0.1) is 0 Å². The molecular formula is C16H19BrN2O4. The molecule has 0 spiro atoms. The molecule has 0 bridgehead atoms. The van der Waals surface area contributed by atoms with E-state index < -0.39 is 24.5 Å². The monoisotopic (exact) mass is 382 g/mol. The Morgan fingerprint density at radius 3 is 2.74 bits per heavy atom. The van der Waals surface area contributed by atoms with E-state index in [9.17, 15) is 14.4 Å². The molecule has 1 atom stereocenters. The van der Waals surface area contributed by atoms with Gasteiger partial charge in [-0.2, -0.15) is 0 Å². The van der Waals surface area contributed by atoms with Gasteiger partial charge in [-0.05, 0) is 37.6 Å². The Balaban J connectivity index is 2.38. The van der Waals surface area contributed by atoms with Crippen LogP contribution in [0.1, 0.15) is 19.4 Å². The van der Waals surface area contributed by atoms with Crippen LogP contribution in [0.5, 0.6) is 0 Å². The molecule has 0 saturated carbocycles. The van der Waals surface area contributed by atoms with Crippen LogP contribution in [-0.4, -0.2) is 37.0 Å². The molecule has 0 heterocycles. The summed E-state index contributed by atoms with van der Waals surface area (Å²) < 4.78 is 5.71. The summed E-state index contributed by atoms with van der Waals surface area (Å²) in [6, 6.07) is 6.69. The highest BCUT2D eigenvalue weighted by molar-refractivity contribution is 9.10. The van der Waals surface area contributed by atoms with Gasteiger partial charge < -0.3 is 15.4 Å². The van der Waals surface area contributed by atoms with E-state index in [1.54, 1.807) is 19.9 Å². The molecular weight excluding hydrogens is 364 g/mol.